The predicted molar refractivity (Wildman–Crippen MR) is 112 cm³/mol. The average molecular weight is 395 g/mol. The maximum atomic E-state index is 13.0. The number of hydrogen-bond donors (Lipinski definition) is 1. The molecule has 2 rings (SSSR count). The van der Waals surface area contributed by atoms with Crippen molar-refractivity contribution >= 4 is 11.9 Å². The first-order valence-corrected chi connectivity index (χ1v) is 11.6. The van der Waals surface area contributed by atoms with Crippen molar-refractivity contribution in [3.8, 4) is 0 Å². The van der Waals surface area contributed by atoms with Gasteiger partial charge in [-0.15, -0.1) is 0 Å². The molecule has 0 spiro atoms. The highest BCUT2D eigenvalue weighted by atomic mass is 16.5. The molecule has 2 saturated carbocycles. The van der Waals surface area contributed by atoms with E-state index in [1.165, 1.54) is 32.1 Å². The van der Waals surface area contributed by atoms with Crippen molar-refractivity contribution in [1.29, 1.82) is 0 Å². The summed E-state index contributed by atoms with van der Waals surface area (Å²) in [5.74, 6) is -0.874. The van der Waals surface area contributed by atoms with E-state index < -0.39 is 17.8 Å². The molecule has 0 bridgehead atoms. The number of carbonyl (C=O) groups excluding carboxylic acids is 1. The van der Waals surface area contributed by atoms with Crippen molar-refractivity contribution in [2.24, 2.45) is 29.1 Å². The van der Waals surface area contributed by atoms with Crippen LogP contribution in [0.25, 0.3) is 0 Å². The van der Waals surface area contributed by atoms with Crippen LogP contribution in [-0.4, -0.2) is 23.1 Å². The van der Waals surface area contributed by atoms with Crippen molar-refractivity contribution in [2.75, 3.05) is 0 Å². The van der Waals surface area contributed by atoms with Crippen LogP contribution >= 0.6 is 0 Å². The monoisotopic (exact) mass is 394 g/mol. The molecule has 0 aromatic rings. The Morgan fingerprint density at radius 2 is 1.61 bits per heavy atom. The molecule has 4 nitrogen and oxygen atoms in total. The molecule has 28 heavy (non-hydrogen) atoms. The molecule has 1 N–H and O–H groups in total. The molecule has 2 aliphatic carbocycles. The number of carboxylic acid groups (broad SMARTS) is 1. The van der Waals surface area contributed by atoms with E-state index in [1.807, 2.05) is 0 Å². The lowest BCUT2D eigenvalue weighted by atomic mass is 9.74. The fraction of sp³-hybridized carbons (Fsp3) is 0.917. The molecule has 0 heterocycles. The van der Waals surface area contributed by atoms with Crippen molar-refractivity contribution < 1.29 is 19.4 Å². The normalized spacial score (nSPS) is 29.9. The third-order valence-electron chi connectivity index (χ3n) is 6.85. The van der Waals surface area contributed by atoms with Gasteiger partial charge in [-0.25, -0.2) is 0 Å². The Bertz CT molecular complexity index is 499. The van der Waals surface area contributed by atoms with Crippen LogP contribution < -0.4 is 0 Å². The second-order valence-corrected chi connectivity index (χ2v) is 10.5. The second-order valence-electron chi connectivity index (χ2n) is 10.5. The number of aliphatic carboxylic acids is 1. The van der Waals surface area contributed by atoms with Crippen LogP contribution in [0.5, 0.6) is 0 Å². The summed E-state index contributed by atoms with van der Waals surface area (Å²) in [4.78, 5) is 24.6. The predicted octanol–water partition coefficient (Wildman–Crippen LogP) is 6.22. The van der Waals surface area contributed by atoms with E-state index in [9.17, 15) is 14.7 Å². The van der Waals surface area contributed by atoms with E-state index in [1.54, 1.807) is 0 Å². The topological polar surface area (TPSA) is 63.6 Å². The first kappa shape index (κ1) is 23.2. The number of ether oxygens (including phenoxy) is 1. The van der Waals surface area contributed by atoms with E-state index in [4.69, 9.17) is 4.74 Å². The average Bonchev–Trinajstić information content (AvgIpc) is 2.65. The Labute approximate surface area is 171 Å². The van der Waals surface area contributed by atoms with Crippen LogP contribution in [0.3, 0.4) is 0 Å². The van der Waals surface area contributed by atoms with Crippen LogP contribution in [-0.2, 0) is 14.3 Å². The summed E-state index contributed by atoms with van der Waals surface area (Å²) in [6.07, 6.45) is 12.5. The van der Waals surface area contributed by atoms with E-state index in [0.29, 0.717) is 18.8 Å². The number of carbonyl (C=O) groups is 2. The van der Waals surface area contributed by atoms with E-state index in [2.05, 4.69) is 27.7 Å². The van der Waals surface area contributed by atoms with Crippen LogP contribution in [0.15, 0.2) is 0 Å². The van der Waals surface area contributed by atoms with Gasteiger partial charge in [-0.05, 0) is 49.4 Å². The zero-order valence-electron chi connectivity index (χ0n) is 18.5. The number of carboxylic acids is 1. The molecule has 3 atom stereocenters. The lowest BCUT2D eigenvalue weighted by molar-refractivity contribution is -0.168. The molecule has 0 aromatic carbocycles. The summed E-state index contributed by atoms with van der Waals surface area (Å²) in [6.45, 7) is 8.84. The molecule has 0 radical (unpaired) electrons. The minimum absolute atomic E-state index is 0.0732. The van der Waals surface area contributed by atoms with Crippen molar-refractivity contribution in [2.45, 2.75) is 111 Å². The van der Waals surface area contributed by atoms with Gasteiger partial charge in [0.1, 0.15) is 6.10 Å². The lowest BCUT2D eigenvalue weighted by Crippen LogP contribution is -2.39. The molecule has 3 unspecified atom stereocenters. The fourth-order valence-corrected chi connectivity index (χ4v) is 5.19. The largest absolute Gasteiger partial charge is 0.481 e. The van der Waals surface area contributed by atoms with Gasteiger partial charge >= 0.3 is 11.9 Å². The second kappa shape index (κ2) is 10.6. The summed E-state index contributed by atoms with van der Waals surface area (Å²) < 4.78 is 6.10. The van der Waals surface area contributed by atoms with E-state index in [-0.39, 0.29) is 17.5 Å². The molecule has 0 saturated heterocycles. The van der Waals surface area contributed by atoms with E-state index in [0.717, 1.165) is 38.0 Å². The molecular formula is C24H42O4. The number of esters is 1. The Balaban J connectivity index is 2.00. The zero-order valence-corrected chi connectivity index (χ0v) is 18.5. The van der Waals surface area contributed by atoms with Gasteiger partial charge in [-0.1, -0.05) is 72.6 Å². The summed E-state index contributed by atoms with van der Waals surface area (Å²) in [5.41, 5.74) is 0.0861. The number of rotatable bonds is 8. The Morgan fingerprint density at radius 3 is 2.14 bits per heavy atom. The van der Waals surface area contributed by atoms with Crippen molar-refractivity contribution in [1.82, 2.24) is 0 Å². The molecule has 0 amide bonds. The minimum atomic E-state index is -0.842. The highest BCUT2D eigenvalue weighted by Crippen LogP contribution is 2.39. The van der Waals surface area contributed by atoms with Gasteiger partial charge in [-0.2, -0.15) is 0 Å². The Morgan fingerprint density at radius 1 is 1.00 bits per heavy atom. The smallest absolute Gasteiger partial charge is 0.310 e. The minimum Gasteiger partial charge on any atom is -0.481 e. The molecule has 2 aliphatic rings. The van der Waals surface area contributed by atoms with Crippen LogP contribution in [0.2, 0.25) is 0 Å². The summed E-state index contributed by atoms with van der Waals surface area (Å²) in [6, 6.07) is 0. The third-order valence-corrected chi connectivity index (χ3v) is 6.85. The van der Waals surface area contributed by atoms with Crippen molar-refractivity contribution in [3.05, 3.63) is 0 Å². The van der Waals surface area contributed by atoms with Crippen LogP contribution in [0.4, 0.5) is 0 Å². The van der Waals surface area contributed by atoms with Crippen LogP contribution in [0.1, 0.15) is 105 Å². The highest BCUT2D eigenvalue weighted by molar-refractivity contribution is 5.81. The maximum Gasteiger partial charge on any atom is 0.310 e. The first-order valence-electron chi connectivity index (χ1n) is 11.6. The van der Waals surface area contributed by atoms with Gasteiger partial charge < -0.3 is 9.84 Å². The van der Waals surface area contributed by atoms with Gasteiger partial charge in [-0.3, -0.25) is 9.59 Å². The summed E-state index contributed by atoms with van der Waals surface area (Å²) in [7, 11) is 0. The van der Waals surface area contributed by atoms with Gasteiger partial charge in [0.2, 0.25) is 0 Å². The summed E-state index contributed by atoms with van der Waals surface area (Å²) in [5, 5.41) is 9.52. The Hall–Kier alpha value is -1.06. The molecule has 0 aliphatic heterocycles. The van der Waals surface area contributed by atoms with Crippen LogP contribution in [0, 0.1) is 29.1 Å². The molecule has 0 aromatic heterocycles. The lowest BCUT2D eigenvalue weighted by Gasteiger charge is -2.37. The first-order chi connectivity index (χ1) is 13.2. The maximum absolute atomic E-state index is 13.0. The molecular weight excluding hydrogens is 352 g/mol. The number of hydrogen-bond acceptors (Lipinski definition) is 3. The summed E-state index contributed by atoms with van der Waals surface area (Å²) >= 11 is 0. The fourth-order valence-electron chi connectivity index (χ4n) is 5.19. The highest BCUT2D eigenvalue weighted by Gasteiger charge is 2.40. The zero-order chi connectivity index (χ0) is 20.7. The SMILES string of the molecule is CCCCC1CCC(C(CC(C)(C)C)OC(=O)C2CCCCC2C(=O)O)CC1. The van der Waals surface area contributed by atoms with E-state index >= 15 is 0 Å². The third kappa shape index (κ3) is 7.08. The standard InChI is InChI=1S/C24H42O4/c1-5-6-9-17-12-14-18(15-13-17)21(16-24(2,3)4)28-23(27)20-11-8-7-10-19(20)22(25)26/h17-21H,5-16H2,1-4H3,(H,25,26). The van der Waals surface area contributed by atoms with Gasteiger partial charge in [0.05, 0.1) is 11.8 Å². The molecule has 2 fully saturated rings. The Kier molecular flexibility index (Phi) is 8.82. The van der Waals surface area contributed by atoms with Gasteiger partial charge in [0, 0.05) is 0 Å². The molecule has 4 heteroatoms. The van der Waals surface area contributed by atoms with Gasteiger partial charge in [0.15, 0.2) is 0 Å². The van der Waals surface area contributed by atoms with Gasteiger partial charge in [0.25, 0.3) is 0 Å². The quantitative estimate of drug-likeness (QED) is 0.496. The molecule has 162 valence electrons. The van der Waals surface area contributed by atoms with Crippen molar-refractivity contribution in [3.63, 3.8) is 0 Å². The number of unbranched alkanes of at least 4 members (excludes halogenated alkanes) is 1.